The molecule has 0 radical (unpaired) electrons. The molecule has 1 rings (SSSR count). The number of hydrogen-bond acceptors (Lipinski definition) is 3. The highest BCUT2D eigenvalue weighted by molar-refractivity contribution is 6.31. The van der Waals surface area contributed by atoms with Gasteiger partial charge >= 0.3 is 12.0 Å². The minimum absolute atomic E-state index is 0.203. The predicted molar refractivity (Wildman–Crippen MR) is 76.7 cm³/mol. The molecule has 8 heteroatoms. The van der Waals surface area contributed by atoms with Crippen LogP contribution in [-0.2, 0) is 16.1 Å². The minimum Gasteiger partial charge on any atom is -0.480 e. The maximum atomic E-state index is 11.9. The first-order chi connectivity index (χ1) is 9.81. The van der Waals surface area contributed by atoms with Crippen LogP contribution in [0.4, 0.5) is 4.79 Å². The number of aliphatic carboxylic acids is 1. The zero-order valence-electron chi connectivity index (χ0n) is 11.4. The number of carboxylic acid groups (broad SMARTS) is 1. The number of rotatable bonds is 6. The molecule has 0 aliphatic carbocycles. The lowest BCUT2D eigenvalue weighted by Crippen LogP contribution is -2.48. The second-order valence-electron chi connectivity index (χ2n) is 4.46. The number of carbonyl (C=O) groups excluding carboxylic acids is 2. The van der Waals surface area contributed by atoms with Crippen molar-refractivity contribution in [2.24, 2.45) is 5.73 Å². The van der Waals surface area contributed by atoms with E-state index in [-0.39, 0.29) is 6.54 Å². The highest BCUT2D eigenvalue weighted by atomic mass is 35.5. The van der Waals surface area contributed by atoms with E-state index in [0.717, 1.165) is 5.56 Å². The van der Waals surface area contributed by atoms with Gasteiger partial charge in [-0.1, -0.05) is 29.8 Å². The Balaban J connectivity index is 2.67. The zero-order chi connectivity index (χ0) is 16.0. The summed E-state index contributed by atoms with van der Waals surface area (Å²) in [6.07, 6.45) is -0.471. The van der Waals surface area contributed by atoms with Gasteiger partial charge in [0.25, 0.3) is 0 Å². The van der Waals surface area contributed by atoms with Gasteiger partial charge in [-0.05, 0) is 11.6 Å². The molecule has 1 aromatic carbocycles. The van der Waals surface area contributed by atoms with Crippen LogP contribution in [0.15, 0.2) is 24.3 Å². The van der Waals surface area contributed by atoms with Crippen molar-refractivity contribution >= 4 is 29.5 Å². The smallest absolute Gasteiger partial charge is 0.326 e. The minimum atomic E-state index is -1.36. The van der Waals surface area contributed by atoms with E-state index in [1.165, 1.54) is 11.9 Å². The maximum absolute atomic E-state index is 11.9. The number of benzene rings is 1. The Hall–Kier alpha value is -2.28. The summed E-state index contributed by atoms with van der Waals surface area (Å²) in [6.45, 7) is 0.203. The molecule has 0 aliphatic heterocycles. The van der Waals surface area contributed by atoms with Gasteiger partial charge < -0.3 is 21.1 Å². The Kier molecular flexibility index (Phi) is 5.98. The van der Waals surface area contributed by atoms with Gasteiger partial charge in [-0.15, -0.1) is 0 Å². The van der Waals surface area contributed by atoms with Gasteiger partial charge in [0.2, 0.25) is 5.91 Å². The van der Waals surface area contributed by atoms with Gasteiger partial charge in [0.1, 0.15) is 6.04 Å². The Morgan fingerprint density at radius 3 is 2.52 bits per heavy atom. The number of nitrogens with zero attached hydrogens (tertiary/aromatic N) is 1. The monoisotopic (exact) mass is 313 g/mol. The molecule has 0 spiro atoms. The number of nitrogens with two attached hydrogens (primary N) is 1. The van der Waals surface area contributed by atoms with E-state index < -0.39 is 30.4 Å². The third-order valence-electron chi connectivity index (χ3n) is 2.71. The fourth-order valence-corrected chi connectivity index (χ4v) is 1.81. The van der Waals surface area contributed by atoms with Gasteiger partial charge in [0, 0.05) is 18.6 Å². The number of carbonyl (C=O) groups is 3. The third-order valence-corrected chi connectivity index (χ3v) is 3.08. The molecule has 0 saturated carbocycles. The van der Waals surface area contributed by atoms with Crippen LogP contribution in [-0.4, -0.2) is 41.0 Å². The van der Waals surface area contributed by atoms with E-state index in [1.807, 2.05) is 0 Å². The van der Waals surface area contributed by atoms with Crippen LogP contribution >= 0.6 is 11.6 Å². The molecule has 0 aliphatic rings. The predicted octanol–water partition coefficient (Wildman–Crippen LogP) is 0.810. The number of urea groups is 1. The molecule has 1 unspecified atom stereocenters. The van der Waals surface area contributed by atoms with Gasteiger partial charge in [-0.25, -0.2) is 9.59 Å². The van der Waals surface area contributed by atoms with Crippen LogP contribution in [0.3, 0.4) is 0 Å². The average molecular weight is 314 g/mol. The van der Waals surface area contributed by atoms with Crippen molar-refractivity contribution in [1.29, 1.82) is 0 Å². The summed E-state index contributed by atoms with van der Waals surface area (Å²) in [7, 11) is 1.49. The molecule has 0 aromatic heterocycles. The molecular weight excluding hydrogens is 298 g/mol. The van der Waals surface area contributed by atoms with Crippen LogP contribution in [0.2, 0.25) is 5.02 Å². The largest absolute Gasteiger partial charge is 0.480 e. The molecule has 1 aromatic rings. The summed E-state index contributed by atoms with van der Waals surface area (Å²) in [6, 6.07) is 4.99. The number of amides is 3. The normalized spacial score (nSPS) is 11.5. The maximum Gasteiger partial charge on any atom is 0.326 e. The van der Waals surface area contributed by atoms with Crippen LogP contribution in [0.1, 0.15) is 12.0 Å². The second kappa shape index (κ2) is 7.49. The Morgan fingerprint density at radius 2 is 2.00 bits per heavy atom. The summed E-state index contributed by atoms with van der Waals surface area (Å²) in [5.41, 5.74) is 5.66. The number of nitrogens with one attached hydrogen (secondary N) is 1. The lowest BCUT2D eigenvalue weighted by molar-refractivity contribution is -0.140. The summed E-state index contributed by atoms with van der Waals surface area (Å²) >= 11 is 5.98. The molecule has 4 N–H and O–H groups in total. The van der Waals surface area contributed by atoms with Gasteiger partial charge in [0.15, 0.2) is 0 Å². The van der Waals surface area contributed by atoms with E-state index in [1.54, 1.807) is 24.3 Å². The van der Waals surface area contributed by atoms with Crippen molar-refractivity contribution in [3.8, 4) is 0 Å². The first-order valence-electron chi connectivity index (χ1n) is 6.07. The van der Waals surface area contributed by atoms with E-state index >= 15 is 0 Å². The Bertz CT molecular complexity index is 550. The second-order valence-corrected chi connectivity index (χ2v) is 4.87. The average Bonchev–Trinajstić information content (AvgIpc) is 2.39. The van der Waals surface area contributed by atoms with Gasteiger partial charge in [-0.3, -0.25) is 4.79 Å². The first kappa shape index (κ1) is 16.8. The Labute approximate surface area is 126 Å². The van der Waals surface area contributed by atoms with Crippen LogP contribution in [0, 0.1) is 0 Å². The van der Waals surface area contributed by atoms with Crippen LogP contribution < -0.4 is 11.1 Å². The molecule has 0 fully saturated rings. The van der Waals surface area contributed by atoms with Crippen molar-refractivity contribution in [3.05, 3.63) is 34.9 Å². The lowest BCUT2D eigenvalue weighted by Gasteiger charge is -2.21. The summed E-state index contributed by atoms with van der Waals surface area (Å²) in [4.78, 5) is 34.9. The summed E-state index contributed by atoms with van der Waals surface area (Å²) in [5.74, 6) is -2.13. The SMILES string of the molecule is CN(Cc1ccccc1Cl)C(=O)NC(CC(N)=O)C(=O)O. The third kappa shape index (κ3) is 5.31. The quantitative estimate of drug-likeness (QED) is 0.721. The van der Waals surface area contributed by atoms with E-state index in [0.29, 0.717) is 5.02 Å². The lowest BCUT2D eigenvalue weighted by atomic mass is 10.2. The molecule has 7 nitrogen and oxygen atoms in total. The number of hydrogen-bond donors (Lipinski definition) is 3. The van der Waals surface area contributed by atoms with Crippen molar-refractivity contribution in [2.75, 3.05) is 7.05 Å². The van der Waals surface area contributed by atoms with Gasteiger partial charge in [-0.2, -0.15) is 0 Å². The van der Waals surface area contributed by atoms with E-state index in [4.69, 9.17) is 22.4 Å². The molecule has 0 saturated heterocycles. The number of primary amides is 1. The van der Waals surface area contributed by atoms with Crippen molar-refractivity contribution in [3.63, 3.8) is 0 Å². The topological polar surface area (TPSA) is 113 Å². The summed E-state index contributed by atoms with van der Waals surface area (Å²) < 4.78 is 0. The zero-order valence-corrected chi connectivity index (χ0v) is 12.1. The molecule has 114 valence electrons. The Morgan fingerprint density at radius 1 is 1.38 bits per heavy atom. The van der Waals surface area contributed by atoms with Crippen molar-refractivity contribution < 1.29 is 19.5 Å². The standard InChI is InChI=1S/C13H16ClN3O4/c1-17(7-8-4-2-3-5-9(8)14)13(21)16-10(12(19)20)6-11(15)18/h2-5,10H,6-7H2,1H3,(H2,15,18)(H,16,21)(H,19,20). The number of carboxylic acids is 1. The van der Waals surface area contributed by atoms with Crippen molar-refractivity contribution in [1.82, 2.24) is 10.2 Å². The van der Waals surface area contributed by atoms with Crippen LogP contribution in [0.5, 0.6) is 0 Å². The first-order valence-corrected chi connectivity index (χ1v) is 6.45. The molecular formula is C13H16ClN3O4. The van der Waals surface area contributed by atoms with E-state index in [9.17, 15) is 14.4 Å². The molecule has 0 heterocycles. The highest BCUT2D eigenvalue weighted by Crippen LogP contribution is 2.16. The molecule has 0 bridgehead atoms. The number of halogens is 1. The van der Waals surface area contributed by atoms with Crippen molar-refractivity contribution in [2.45, 2.75) is 19.0 Å². The molecule has 3 amide bonds. The fraction of sp³-hybridized carbons (Fsp3) is 0.308. The van der Waals surface area contributed by atoms with Crippen LogP contribution in [0.25, 0.3) is 0 Å². The summed E-state index contributed by atoms with van der Waals surface area (Å²) in [5, 5.41) is 11.7. The molecule has 1 atom stereocenters. The highest BCUT2D eigenvalue weighted by Gasteiger charge is 2.23. The molecule has 21 heavy (non-hydrogen) atoms. The van der Waals surface area contributed by atoms with Gasteiger partial charge in [0.05, 0.1) is 6.42 Å². The fourth-order valence-electron chi connectivity index (χ4n) is 1.61. The van der Waals surface area contributed by atoms with E-state index in [2.05, 4.69) is 5.32 Å².